The predicted molar refractivity (Wildman–Crippen MR) is 71.6 cm³/mol. The fourth-order valence-corrected chi connectivity index (χ4v) is 2.65. The van der Waals surface area contributed by atoms with Crippen molar-refractivity contribution in [3.63, 3.8) is 0 Å². The number of hydrogen-bond donors (Lipinski definition) is 0. The van der Waals surface area contributed by atoms with E-state index in [-0.39, 0.29) is 11.8 Å². The third-order valence-electron chi connectivity index (χ3n) is 3.46. The quantitative estimate of drug-likeness (QED) is 0.780. The Bertz CT molecular complexity index is 565. The second-order valence-corrected chi connectivity index (χ2v) is 5.11. The van der Waals surface area contributed by atoms with E-state index in [0.29, 0.717) is 18.5 Å². The summed E-state index contributed by atoms with van der Waals surface area (Å²) in [4.78, 5) is 33.7. The van der Waals surface area contributed by atoms with Crippen LogP contribution in [0.3, 0.4) is 0 Å². The van der Waals surface area contributed by atoms with Gasteiger partial charge in [0.05, 0.1) is 5.69 Å². The maximum Gasteiger partial charge on any atom is 0.303 e. The summed E-state index contributed by atoms with van der Waals surface area (Å²) in [5.74, 6) is -1.22. The largest absolute Gasteiger partial charge is 0.459 e. The Balaban J connectivity index is 2.21. The maximum atomic E-state index is 11.3. The van der Waals surface area contributed by atoms with Gasteiger partial charge < -0.3 is 9.47 Å². The summed E-state index contributed by atoms with van der Waals surface area (Å²) in [6.07, 6.45) is 1.79. The highest BCUT2D eigenvalue weighted by Gasteiger charge is 2.42. The first kappa shape index (κ1) is 15.2. The molecule has 114 valence electrons. The van der Waals surface area contributed by atoms with Crippen LogP contribution in [-0.2, 0) is 19.1 Å². The van der Waals surface area contributed by atoms with E-state index in [2.05, 4.69) is 5.10 Å². The smallest absolute Gasteiger partial charge is 0.303 e. The molecule has 0 bridgehead atoms. The lowest BCUT2D eigenvalue weighted by Crippen LogP contribution is -2.33. The summed E-state index contributed by atoms with van der Waals surface area (Å²) in [6, 6.07) is 1.72. The van der Waals surface area contributed by atoms with Gasteiger partial charge in [0, 0.05) is 32.9 Å². The second-order valence-electron chi connectivity index (χ2n) is 5.11. The summed E-state index contributed by atoms with van der Waals surface area (Å²) < 4.78 is 11.8. The molecule has 0 radical (unpaired) electrons. The number of carbonyl (C=O) groups is 3. The Morgan fingerprint density at radius 2 is 1.81 bits per heavy atom. The molecule has 3 atom stereocenters. The molecule has 7 heteroatoms. The second kappa shape index (κ2) is 6.07. The third-order valence-corrected chi connectivity index (χ3v) is 3.46. The molecule has 0 saturated heterocycles. The van der Waals surface area contributed by atoms with Crippen LogP contribution in [0.2, 0.25) is 0 Å². The summed E-state index contributed by atoms with van der Waals surface area (Å²) >= 11 is 0. The minimum atomic E-state index is -0.568. The monoisotopic (exact) mass is 294 g/mol. The fourth-order valence-electron chi connectivity index (χ4n) is 2.65. The highest BCUT2D eigenvalue weighted by atomic mass is 16.6. The van der Waals surface area contributed by atoms with E-state index >= 15 is 0 Å². The van der Waals surface area contributed by atoms with E-state index in [1.807, 2.05) is 0 Å². The van der Waals surface area contributed by atoms with Gasteiger partial charge in [-0.3, -0.25) is 14.4 Å². The average Bonchev–Trinajstić information content (AvgIpc) is 2.96. The topological polar surface area (TPSA) is 87.5 Å². The molecule has 0 unspecified atom stereocenters. The van der Waals surface area contributed by atoms with Crippen LogP contribution in [0.4, 0.5) is 0 Å². The number of nitrogens with zero attached hydrogens (tertiary/aromatic N) is 2. The van der Waals surface area contributed by atoms with E-state index < -0.39 is 24.1 Å². The van der Waals surface area contributed by atoms with Gasteiger partial charge in [-0.05, 0) is 18.9 Å². The van der Waals surface area contributed by atoms with Gasteiger partial charge in [-0.25, -0.2) is 4.68 Å². The van der Waals surface area contributed by atoms with Crippen molar-refractivity contribution < 1.29 is 23.9 Å². The number of rotatable bonds is 3. The zero-order valence-electron chi connectivity index (χ0n) is 12.2. The number of hydrogen-bond acceptors (Lipinski definition) is 6. The van der Waals surface area contributed by atoms with E-state index in [4.69, 9.17) is 9.47 Å². The highest BCUT2D eigenvalue weighted by molar-refractivity contribution is 5.75. The standard InChI is InChI=1S/C14H18N2O5/c1-8(17)16-7-6-12(15-16)11-4-5-13(20-9(2)18)14(11)21-10(3)19/h6-7,11,13-14H,4-5H2,1-3H3/t11-,13+,14-/m1/s1. The van der Waals surface area contributed by atoms with E-state index in [9.17, 15) is 14.4 Å². The molecular formula is C14H18N2O5. The molecule has 0 aliphatic heterocycles. The number of esters is 2. The zero-order chi connectivity index (χ0) is 15.6. The van der Waals surface area contributed by atoms with E-state index in [1.54, 1.807) is 12.3 Å². The molecule has 2 rings (SSSR count). The first-order valence-corrected chi connectivity index (χ1v) is 6.79. The predicted octanol–water partition coefficient (Wildman–Crippen LogP) is 1.28. The third kappa shape index (κ3) is 3.48. The Morgan fingerprint density at radius 3 is 2.33 bits per heavy atom. The van der Waals surface area contributed by atoms with Crippen molar-refractivity contribution in [2.24, 2.45) is 0 Å². The average molecular weight is 294 g/mol. The number of ether oxygens (including phenoxy) is 2. The van der Waals surface area contributed by atoms with Crippen LogP contribution < -0.4 is 0 Å². The van der Waals surface area contributed by atoms with Gasteiger partial charge in [-0.1, -0.05) is 0 Å². The van der Waals surface area contributed by atoms with Crippen LogP contribution in [0, 0.1) is 0 Å². The molecule has 7 nitrogen and oxygen atoms in total. The van der Waals surface area contributed by atoms with Crippen molar-refractivity contribution in [1.82, 2.24) is 9.78 Å². The Hall–Kier alpha value is -2.18. The van der Waals surface area contributed by atoms with Crippen molar-refractivity contribution in [3.8, 4) is 0 Å². The van der Waals surface area contributed by atoms with Gasteiger partial charge in [-0.15, -0.1) is 0 Å². The van der Waals surface area contributed by atoms with Crippen molar-refractivity contribution in [1.29, 1.82) is 0 Å². The highest BCUT2D eigenvalue weighted by Crippen LogP contribution is 2.37. The van der Waals surface area contributed by atoms with Gasteiger partial charge in [0.25, 0.3) is 0 Å². The number of aromatic nitrogens is 2. The lowest BCUT2D eigenvalue weighted by atomic mass is 10.0. The molecule has 0 aromatic carbocycles. The van der Waals surface area contributed by atoms with Crippen molar-refractivity contribution in [2.75, 3.05) is 0 Å². The van der Waals surface area contributed by atoms with Crippen LogP contribution >= 0.6 is 0 Å². The molecule has 1 heterocycles. The maximum absolute atomic E-state index is 11.3. The van der Waals surface area contributed by atoms with Crippen molar-refractivity contribution >= 4 is 17.8 Å². The van der Waals surface area contributed by atoms with Crippen molar-refractivity contribution in [2.45, 2.75) is 51.7 Å². The molecule has 1 saturated carbocycles. The summed E-state index contributed by atoms with van der Waals surface area (Å²) in [7, 11) is 0. The van der Waals surface area contributed by atoms with Crippen LogP contribution in [-0.4, -0.2) is 39.8 Å². The van der Waals surface area contributed by atoms with Crippen LogP contribution in [0.15, 0.2) is 12.3 Å². The van der Waals surface area contributed by atoms with Crippen LogP contribution in [0.5, 0.6) is 0 Å². The Morgan fingerprint density at radius 1 is 1.14 bits per heavy atom. The molecule has 0 spiro atoms. The van der Waals surface area contributed by atoms with Crippen molar-refractivity contribution in [3.05, 3.63) is 18.0 Å². The minimum Gasteiger partial charge on any atom is -0.459 e. The van der Waals surface area contributed by atoms with Crippen LogP contribution in [0.1, 0.15) is 50.0 Å². The van der Waals surface area contributed by atoms with Gasteiger partial charge >= 0.3 is 11.9 Å². The van der Waals surface area contributed by atoms with E-state index in [1.165, 1.54) is 25.5 Å². The molecule has 0 N–H and O–H groups in total. The number of carbonyl (C=O) groups excluding carboxylic acids is 3. The lowest BCUT2D eigenvalue weighted by molar-refractivity contribution is -0.163. The zero-order valence-corrected chi connectivity index (χ0v) is 12.2. The van der Waals surface area contributed by atoms with Gasteiger partial charge in [-0.2, -0.15) is 5.10 Å². The van der Waals surface area contributed by atoms with Gasteiger partial charge in [0.1, 0.15) is 12.2 Å². The van der Waals surface area contributed by atoms with Gasteiger partial charge in [0.2, 0.25) is 5.91 Å². The first-order chi connectivity index (χ1) is 9.88. The molecule has 0 amide bonds. The van der Waals surface area contributed by atoms with Gasteiger partial charge in [0.15, 0.2) is 0 Å². The molecule has 1 aliphatic carbocycles. The summed E-state index contributed by atoms with van der Waals surface area (Å²) in [6.45, 7) is 4.05. The molecule has 1 aromatic rings. The molecule has 1 aromatic heterocycles. The fraction of sp³-hybridized carbons (Fsp3) is 0.571. The minimum absolute atomic E-state index is 0.182. The molecule has 21 heavy (non-hydrogen) atoms. The summed E-state index contributed by atoms with van der Waals surface area (Å²) in [5.41, 5.74) is 0.658. The lowest BCUT2D eigenvalue weighted by Gasteiger charge is -2.23. The Labute approximate surface area is 122 Å². The first-order valence-electron chi connectivity index (χ1n) is 6.79. The normalized spacial score (nSPS) is 24.6. The molecule has 1 fully saturated rings. The summed E-state index contributed by atoms with van der Waals surface area (Å²) in [5, 5.41) is 4.20. The van der Waals surface area contributed by atoms with Crippen LogP contribution in [0.25, 0.3) is 0 Å². The SMILES string of the molecule is CC(=O)O[C@H]1[C@@H](OC(C)=O)CC[C@@H]1c1ccn(C(C)=O)n1. The van der Waals surface area contributed by atoms with E-state index in [0.717, 1.165) is 0 Å². The molecule has 1 aliphatic rings. The Kier molecular flexibility index (Phi) is 4.40. The molecular weight excluding hydrogens is 276 g/mol.